The first-order valence-electron chi connectivity index (χ1n) is 6.96. The fourth-order valence-corrected chi connectivity index (χ4v) is 2.60. The molecule has 0 radical (unpaired) electrons. The predicted octanol–water partition coefficient (Wildman–Crippen LogP) is 2.20. The minimum atomic E-state index is -3.19. The van der Waals surface area contributed by atoms with Crippen molar-refractivity contribution in [1.29, 1.82) is 0 Å². The van der Waals surface area contributed by atoms with Crippen LogP contribution in [0.15, 0.2) is 29.2 Å². The number of hydrogen-bond donors (Lipinski definition) is 2. The van der Waals surface area contributed by atoms with E-state index in [-0.39, 0.29) is 17.2 Å². The summed E-state index contributed by atoms with van der Waals surface area (Å²) in [4.78, 5) is 12.3. The molecule has 1 aromatic rings. The van der Waals surface area contributed by atoms with Crippen LogP contribution < -0.4 is 10.6 Å². The molecule has 1 amide bonds. The average molecular weight is 312 g/mol. The van der Waals surface area contributed by atoms with E-state index in [0.717, 1.165) is 0 Å². The molecule has 5 nitrogen and oxygen atoms in total. The molecule has 21 heavy (non-hydrogen) atoms. The van der Waals surface area contributed by atoms with Crippen LogP contribution in [0.5, 0.6) is 0 Å². The number of benzene rings is 1. The first kappa shape index (κ1) is 17.5. The van der Waals surface area contributed by atoms with E-state index in [2.05, 4.69) is 10.6 Å². The number of hydrogen-bond acceptors (Lipinski definition) is 4. The molecule has 0 spiro atoms. The first-order valence-corrected chi connectivity index (χ1v) is 8.62. The lowest BCUT2D eigenvalue weighted by Crippen LogP contribution is -2.47. The number of carbonyl (C=O) groups excluding carboxylic acids is 1. The lowest BCUT2D eigenvalue weighted by molar-refractivity contribution is -0.122. The van der Waals surface area contributed by atoms with Gasteiger partial charge in [-0.1, -0.05) is 6.92 Å². The Hall–Kier alpha value is -1.56. The summed E-state index contributed by atoms with van der Waals surface area (Å²) in [5.74, 6) is -0.0304. The standard InChI is InChI=1S/C15H24N2O3S/c1-6-21(19,20)13-9-7-12(8-10-13)16-11(2)14(18)17-15(3,4)5/h7-11,16H,6H2,1-5H3,(H,17,18). The molecule has 1 aromatic carbocycles. The van der Waals surface area contributed by atoms with E-state index >= 15 is 0 Å². The molecule has 0 heterocycles. The van der Waals surface area contributed by atoms with E-state index in [0.29, 0.717) is 10.6 Å². The summed E-state index contributed by atoms with van der Waals surface area (Å²) in [5.41, 5.74) is 0.424. The summed E-state index contributed by atoms with van der Waals surface area (Å²) in [6, 6.07) is 6.04. The molecule has 118 valence electrons. The molecule has 1 rings (SSSR count). The second-order valence-corrected chi connectivity index (χ2v) is 8.31. The summed E-state index contributed by atoms with van der Waals surface area (Å²) < 4.78 is 23.4. The molecule has 0 aliphatic rings. The Morgan fingerprint density at radius 3 is 2.14 bits per heavy atom. The zero-order chi connectivity index (χ0) is 16.3. The minimum Gasteiger partial charge on any atom is -0.374 e. The molecule has 0 aliphatic carbocycles. The normalized spacial score (nSPS) is 13.6. The van der Waals surface area contributed by atoms with Crippen LogP contribution in [0.2, 0.25) is 0 Å². The van der Waals surface area contributed by atoms with Crippen LogP contribution in [0.4, 0.5) is 5.69 Å². The van der Waals surface area contributed by atoms with Crippen molar-refractivity contribution in [2.75, 3.05) is 11.1 Å². The fraction of sp³-hybridized carbons (Fsp3) is 0.533. The third-order valence-corrected chi connectivity index (χ3v) is 4.62. The van der Waals surface area contributed by atoms with Gasteiger partial charge >= 0.3 is 0 Å². The van der Waals surface area contributed by atoms with E-state index in [1.807, 2.05) is 20.8 Å². The topological polar surface area (TPSA) is 75.3 Å². The van der Waals surface area contributed by atoms with Crippen molar-refractivity contribution in [3.05, 3.63) is 24.3 Å². The highest BCUT2D eigenvalue weighted by Gasteiger charge is 2.19. The van der Waals surface area contributed by atoms with Crippen LogP contribution in [-0.2, 0) is 14.6 Å². The quantitative estimate of drug-likeness (QED) is 0.874. The van der Waals surface area contributed by atoms with Gasteiger partial charge in [-0.3, -0.25) is 4.79 Å². The van der Waals surface area contributed by atoms with Gasteiger partial charge in [0.2, 0.25) is 5.91 Å². The zero-order valence-electron chi connectivity index (χ0n) is 13.2. The van der Waals surface area contributed by atoms with Gasteiger partial charge in [0.1, 0.15) is 6.04 Å². The number of sulfone groups is 1. The van der Waals surface area contributed by atoms with E-state index in [1.165, 1.54) is 0 Å². The van der Waals surface area contributed by atoms with Crippen molar-refractivity contribution < 1.29 is 13.2 Å². The highest BCUT2D eigenvalue weighted by Crippen LogP contribution is 2.16. The van der Waals surface area contributed by atoms with Crippen LogP contribution in [0, 0.1) is 0 Å². The summed E-state index contributed by atoms with van der Waals surface area (Å²) in [6.45, 7) is 9.13. The maximum Gasteiger partial charge on any atom is 0.242 e. The van der Waals surface area contributed by atoms with Gasteiger partial charge in [0, 0.05) is 11.2 Å². The SMILES string of the molecule is CCS(=O)(=O)c1ccc(NC(C)C(=O)NC(C)(C)C)cc1. The molecule has 0 aliphatic heterocycles. The third-order valence-electron chi connectivity index (χ3n) is 2.87. The Labute approximate surface area is 127 Å². The summed E-state index contributed by atoms with van der Waals surface area (Å²) >= 11 is 0. The van der Waals surface area contributed by atoms with Crippen molar-refractivity contribution >= 4 is 21.4 Å². The molecule has 0 fully saturated rings. The smallest absolute Gasteiger partial charge is 0.242 e. The second kappa shape index (κ2) is 6.47. The highest BCUT2D eigenvalue weighted by atomic mass is 32.2. The van der Waals surface area contributed by atoms with Crippen molar-refractivity contribution in [3.8, 4) is 0 Å². The Balaban J connectivity index is 2.74. The fourth-order valence-electron chi connectivity index (χ4n) is 1.72. The predicted molar refractivity (Wildman–Crippen MR) is 85.1 cm³/mol. The summed E-state index contributed by atoms with van der Waals surface area (Å²) in [7, 11) is -3.19. The Morgan fingerprint density at radius 1 is 1.19 bits per heavy atom. The Kier molecular flexibility index (Phi) is 5.39. The molecule has 0 aromatic heterocycles. The Bertz CT molecular complexity index is 586. The lowest BCUT2D eigenvalue weighted by atomic mass is 10.1. The maximum absolute atomic E-state index is 12.0. The molecule has 1 atom stereocenters. The van der Waals surface area contributed by atoms with Gasteiger partial charge in [-0.15, -0.1) is 0 Å². The molecule has 1 unspecified atom stereocenters. The maximum atomic E-state index is 12.0. The van der Waals surface area contributed by atoms with Crippen LogP contribution in [0.1, 0.15) is 34.6 Å². The molecule has 0 bridgehead atoms. The van der Waals surface area contributed by atoms with Gasteiger partial charge in [0.05, 0.1) is 10.6 Å². The molecule has 6 heteroatoms. The van der Waals surface area contributed by atoms with Gasteiger partial charge in [-0.2, -0.15) is 0 Å². The first-order chi connectivity index (χ1) is 9.55. The molecular weight excluding hydrogens is 288 g/mol. The van der Waals surface area contributed by atoms with Crippen molar-refractivity contribution in [2.45, 2.75) is 51.1 Å². The van der Waals surface area contributed by atoms with Crippen molar-refractivity contribution in [2.24, 2.45) is 0 Å². The molecule has 0 saturated heterocycles. The van der Waals surface area contributed by atoms with Crippen LogP contribution in [0.25, 0.3) is 0 Å². The van der Waals surface area contributed by atoms with Gasteiger partial charge in [0.15, 0.2) is 9.84 Å². The minimum absolute atomic E-state index is 0.0736. The molecular formula is C15H24N2O3S. The third kappa shape index (κ3) is 5.38. The summed E-state index contributed by atoms with van der Waals surface area (Å²) in [5, 5.41) is 5.94. The largest absolute Gasteiger partial charge is 0.374 e. The van der Waals surface area contributed by atoms with E-state index in [4.69, 9.17) is 0 Å². The number of anilines is 1. The average Bonchev–Trinajstić information content (AvgIpc) is 2.37. The zero-order valence-corrected chi connectivity index (χ0v) is 14.0. The van der Waals surface area contributed by atoms with E-state index in [1.54, 1.807) is 38.1 Å². The van der Waals surface area contributed by atoms with Gasteiger partial charge < -0.3 is 10.6 Å². The van der Waals surface area contributed by atoms with Gasteiger partial charge in [-0.05, 0) is 52.0 Å². The van der Waals surface area contributed by atoms with Crippen LogP contribution >= 0.6 is 0 Å². The van der Waals surface area contributed by atoms with Crippen LogP contribution in [0.3, 0.4) is 0 Å². The number of amides is 1. The molecule has 0 saturated carbocycles. The van der Waals surface area contributed by atoms with Crippen LogP contribution in [-0.4, -0.2) is 31.7 Å². The van der Waals surface area contributed by atoms with E-state index in [9.17, 15) is 13.2 Å². The highest BCUT2D eigenvalue weighted by molar-refractivity contribution is 7.91. The van der Waals surface area contributed by atoms with Crippen molar-refractivity contribution in [3.63, 3.8) is 0 Å². The van der Waals surface area contributed by atoms with E-state index < -0.39 is 15.9 Å². The van der Waals surface area contributed by atoms with Gasteiger partial charge in [0.25, 0.3) is 0 Å². The second-order valence-electron chi connectivity index (χ2n) is 6.03. The van der Waals surface area contributed by atoms with Crippen molar-refractivity contribution in [1.82, 2.24) is 5.32 Å². The van der Waals surface area contributed by atoms with Gasteiger partial charge in [-0.25, -0.2) is 8.42 Å². The number of rotatable bonds is 5. The number of nitrogens with one attached hydrogen (secondary N) is 2. The molecule has 2 N–H and O–H groups in total. The Morgan fingerprint density at radius 2 is 1.71 bits per heavy atom. The monoisotopic (exact) mass is 312 g/mol. The lowest BCUT2D eigenvalue weighted by Gasteiger charge is -2.24. The number of carbonyl (C=O) groups is 1. The summed E-state index contributed by atoms with van der Waals surface area (Å²) in [6.07, 6.45) is 0.